The van der Waals surface area contributed by atoms with Crippen LogP contribution in [0.2, 0.25) is 0 Å². The first kappa shape index (κ1) is 20.4. The summed E-state index contributed by atoms with van der Waals surface area (Å²) in [6, 6.07) is 17.4. The van der Waals surface area contributed by atoms with Gasteiger partial charge in [-0.25, -0.2) is 4.79 Å². The molecular weight excluding hydrogens is 370 g/mol. The van der Waals surface area contributed by atoms with Crippen molar-refractivity contribution in [3.05, 3.63) is 71.8 Å². The van der Waals surface area contributed by atoms with E-state index in [1.54, 1.807) is 0 Å². The molecule has 2 atom stereocenters. The first-order chi connectivity index (χ1) is 14.0. The van der Waals surface area contributed by atoms with Gasteiger partial charge < -0.3 is 20.6 Å². The Kier molecular flexibility index (Phi) is 6.84. The number of benzene rings is 2. The molecule has 0 aliphatic carbocycles. The summed E-state index contributed by atoms with van der Waals surface area (Å²) in [6.45, 7) is 0.766. The highest BCUT2D eigenvalue weighted by atomic mass is 16.4. The highest BCUT2D eigenvalue weighted by molar-refractivity contribution is 5.89. The van der Waals surface area contributed by atoms with Crippen molar-refractivity contribution in [1.82, 2.24) is 15.5 Å². The van der Waals surface area contributed by atoms with Crippen LogP contribution in [0.15, 0.2) is 60.7 Å². The Bertz CT molecular complexity index is 842. The first-order valence-corrected chi connectivity index (χ1v) is 9.70. The lowest BCUT2D eigenvalue weighted by atomic mass is 10.0. The maximum Gasteiger partial charge on any atom is 0.318 e. The van der Waals surface area contributed by atoms with Crippen LogP contribution in [0.1, 0.15) is 30.0 Å². The van der Waals surface area contributed by atoms with Crippen molar-refractivity contribution in [1.29, 1.82) is 0 Å². The second-order valence-corrected chi connectivity index (χ2v) is 7.07. The molecule has 152 valence electrons. The van der Waals surface area contributed by atoms with E-state index in [0.717, 1.165) is 11.1 Å². The van der Waals surface area contributed by atoms with Crippen molar-refractivity contribution in [3.8, 4) is 0 Å². The maximum atomic E-state index is 13.1. The van der Waals surface area contributed by atoms with E-state index in [1.165, 1.54) is 4.90 Å². The molecule has 7 heteroatoms. The molecule has 3 amide bonds. The zero-order valence-electron chi connectivity index (χ0n) is 16.1. The summed E-state index contributed by atoms with van der Waals surface area (Å²) in [5, 5.41) is 14.8. The lowest BCUT2D eigenvalue weighted by molar-refractivity contribution is -0.137. The summed E-state index contributed by atoms with van der Waals surface area (Å²) in [6.07, 6.45) is 0.794. The van der Waals surface area contributed by atoms with Gasteiger partial charge in [-0.05, 0) is 24.0 Å². The Labute approximate surface area is 169 Å². The third kappa shape index (κ3) is 5.57. The van der Waals surface area contributed by atoms with E-state index in [0.29, 0.717) is 25.9 Å². The number of piperazine rings is 1. The summed E-state index contributed by atoms with van der Waals surface area (Å²) in [5.74, 6) is -1.13. The SMILES string of the molecule is O=C(O)CCC(Cc1ccccc1)NC(=O)N1CCNC(=O)C1c1ccccc1. The number of rotatable bonds is 7. The van der Waals surface area contributed by atoms with Gasteiger partial charge in [0, 0.05) is 25.6 Å². The number of urea groups is 1. The van der Waals surface area contributed by atoms with Crippen LogP contribution in [-0.4, -0.2) is 47.0 Å². The number of carbonyl (C=O) groups excluding carboxylic acids is 2. The van der Waals surface area contributed by atoms with Crippen LogP contribution in [-0.2, 0) is 16.0 Å². The molecule has 29 heavy (non-hydrogen) atoms. The molecule has 7 nitrogen and oxygen atoms in total. The van der Waals surface area contributed by atoms with E-state index in [2.05, 4.69) is 10.6 Å². The van der Waals surface area contributed by atoms with Crippen molar-refractivity contribution in [2.24, 2.45) is 0 Å². The minimum atomic E-state index is -0.906. The van der Waals surface area contributed by atoms with E-state index in [4.69, 9.17) is 5.11 Å². The van der Waals surface area contributed by atoms with Crippen molar-refractivity contribution in [3.63, 3.8) is 0 Å². The molecule has 1 aliphatic heterocycles. The molecule has 2 aromatic rings. The van der Waals surface area contributed by atoms with Gasteiger partial charge in [0.1, 0.15) is 6.04 Å². The van der Waals surface area contributed by atoms with Crippen molar-refractivity contribution < 1.29 is 19.5 Å². The third-order valence-corrected chi connectivity index (χ3v) is 4.95. The van der Waals surface area contributed by atoms with Crippen molar-refractivity contribution in [2.45, 2.75) is 31.3 Å². The monoisotopic (exact) mass is 395 g/mol. The van der Waals surface area contributed by atoms with Crippen LogP contribution in [0.4, 0.5) is 4.79 Å². The number of aliphatic carboxylic acids is 1. The Hall–Kier alpha value is -3.35. The van der Waals surface area contributed by atoms with E-state index in [9.17, 15) is 14.4 Å². The van der Waals surface area contributed by atoms with Crippen LogP contribution in [0.3, 0.4) is 0 Å². The number of carboxylic acid groups (broad SMARTS) is 1. The second-order valence-electron chi connectivity index (χ2n) is 7.07. The predicted octanol–water partition coefficient (Wildman–Crippen LogP) is 2.35. The number of nitrogens with zero attached hydrogens (tertiary/aromatic N) is 1. The molecule has 3 rings (SSSR count). The minimum absolute atomic E-state index is 0.0413. The van der Waals surface area contributed by atoms with Gasteiger partial charge in [-0.1, -0.05) is 60.7 Å². The highest BCUT2D eigenvalue weighted by Gasteiger charge is 2.35. The number of nitrogens with one attached hydrogen (secondary N) is 2. The van der Waals surface area contributed by atoms with Gasteiger partial charge in [-0.2, -0.15) is 0 Å². The molecule has 0 radical (unpaired) electrons. The zero-order valence-corrected chi connectivity index (χ0v) is 16.1. The van der Waals surface area contributed by atoms with Gasteiger partial charge in [0.05, 0.1) is 0 Å². The largest absolute Gasteiger partial charge is 0.481 e. The average Bonchev–Trinajstić information content (AvgIpc) is 2.73. The molecule has 0 saturated carbocycles. The Morgan fingerprint density at radius 3 is 2.41 bits per heavy atom. The molecule has 0 aromatic heterocycles. The molecule has 0 bridgehead atoms. The molecule has 2 unspecified atom stereocenters. The molecule has 0 spiro atoms. The molecule has 3 N–H and O–H groups in total. The fourth-order valence-corrected chi connectivity index (χ4v) is 3.53. The molecule has 1 fully saturated rings. The number of hydrogen-bond acceptors (Lipinski definition) is 3. The van der Waals surface area contributed by atoms with Gasteiger partial charge >= 0.3 is 12.0 Å². The van der Waals surface area contributed by atoms with Gasteiger partial charge in [0.2, 0.25) is 5.91 Å². The standard InChI is InChI=1S/C22H25N3O4/c26-19(27)12-11-18(15-16-7-3-1-4-8-16)24-22(29)25-14-13-23-21(28)20(25)17-9-5-2-6-10-17/h1-10,18,20H,11-15H2,(H,23,28)(H,24,29)(H,26,27). The van der Waals surface area contributed by atoms with Crippen molar-refractivity contribution in [2.75, 3.05) is 13.1 Å². The minimum Gasteiger partial charge on any atom is -0.481 e. The van der Waals surface area contributed by atoms with Gasteiger partial charge in [0.25, 0.3) is 0 Å². The van der Waals surface area contributed by atoms with Gasteiger partial charge in [-0.15, -0.1) is 0 Å². The number of amides is 3. The predicted molar refractivity (Wildman–Crippen MR) is 108 cm³/mol. The van der Waals surface area contributed by atoms with Crippen LogP contribution in [0.5, 0.6) is 0 Å². The second kappa shape index (κ2) is 9.73. The highest BCUT2D eigenvalue weighted by Crippen LogP contribution is 2.23. The van der Waals surface area contributed by atoms with E-state index in [-0.39, 0.29) is 24.4 Å². The molecular formula is C22H25N3O4. The fraction of sp³-hybridized carbons (Fsp3) is 0.318. The van der Waals surface area contributed by atoms with Crippen LogP contribution in [0, 0.1) is 0 Å². The van der Waals surface area contributed by atoms with Gasteiger partial charge in [0.15, 0.2) is 0 Å². The fourth-order valence-electron chi connectivity index (χ4n) is 3.53. The van der Waals surface area contributed by atoms with E-state index < -0.39 is 12.0 Å². The molecule has 1 heterocycles. The van der Waals surface area contributed by atoms with E-state index in [1.807, 2.05) is 60.7 Å². The first-order valence-electron chi connectivity index (χ1n) is 9.70. The summed E-state index contributed by atoms with van der Waals surface area (Å²) in [7, 11) is 0. The molecule has 1 saturated heterocycles. The van der Waals surface area contributed by atoms with Crippen LogP contribution in [0.25, 0.3) is 0 Å². The van der Waals surface area contributed by atoms with Crippen LogP contribution >= 0.6 is 0 Å². The Balaban J connectivity index is 1.75. The summed E-state index contributed by atoms with van der Waals surface area (Å²) >= 11 is 0. The topological polar surface area (TPSA) is 98.7 Å². The maximum absolute atomic E-state index is 13.1. The van der Waals surface area contributed by atoms with Crippen LogP contribution < -0.4 is 10.6 Å². The van der Waals surface area contributed by atoms with E-state index >= 15 is 0 Å². The normalized spacial score (nSPS) is 17.3. The number of carbonyl (C=O) groups is 3. The summed E-state index contributed by atoms with van der Waals surface area (Å²) in [5.41, 5.74) is 1.75. The molecule has 2 aromatic carbocycles. The lowest BCUT2D eigenvalue weighted by Gasteiger charge is -2.36. The third-order valence-electron chi connectivity index (χ3n) is 4.95. The average molecular weight is 395 g/mol. The van der Waals surface area contributed by atoms with Crippen molar-refractivity contribution >= 4 is 17.9 Å². The zero-order chi connectivity index (χ0) is 20.6. The molecule has 1 aliphatic rings. The quantitative estimate of drug-likeness (QED) is 0.670. The van der Waals surface area contributed by atoms with Gasteiger partial charge in [-0.3, -0.25) is 9.59 Å². The summed E-state index contributed by atoms with van der Waals surface area (Å²) in [4.78, 5) is 38.1. The lowest BCUT2D eigenvalue weighted by Crippen LogP contribution is -2.56. The number of hydrogen-bond donors (Lipinski definition) is 3. The smallest absolute Gasteiger partial charge is 0.318 e. The Morgan fingerprint density at radius 2 is 1.76 bits per heavy atom. The Morgan fingerprint density at radius 1 is 1.10 bits per heavy atom. The summed E-state index contributed by atoms with van der Waals surface area (Å²) < 4.78 is 0. The number of carboxylic acids is 1.